The molecule has 1 aliphatic carbocycles. The number of allylic oxidation sites excluding steroid dienone is 4. The van der Waals surface area contributed by atoms with Gasteiger partial charge in [0.25, 0.3) is 0 Å². The lowest BCUT2D eigenvalue weighted by Crippen LogP contribution is -1.63. The second-order valence-corrected chi connectivity index (χ2v) is 1.34. The lowest BCUT2D eigenvalue weighted by molar-refractivity contribution is 1.45. The van der Waals surface area contributed by atoms with Crippen molar-refractivity contribution in [2.24, 2.45) is 0 Å². The van der Waals surface area contributed by atoms with Crippen LogP contribution >= 0.6 is 0 Å². The van der Waals surface area contributed by atoms with E-state index in [-0.39, 0.29) is 0 Å². The summed E-state index contributed by atoms with van der Waals surface area (Å²) in [5.74, 6) is 0. The molecule has 0 fully saturated rings. The van der Waals surface area contributed by atoms with Crippen molar-refractivity contribution in [3.05, 3.63) is 23.7 Å². The Hall–Kier alpha value is -0.455. The molecule has 6 heavy (non-hydrogen) atoms. The van der Waals surface area contributed by atoms with Crippen LogP contribution in [-0.2, 0) is 0 Å². The van der Waals surface area contributed by atoms with E-state index in [4.69, 9.17) is 7.85 Å². The molecule has 0 aliphatic heterocycles. The molecule has 0 N–H and O–H groups in total. The minimum absolute atomic E-state index is 0.898. The molecule has 0 aromatic heterocycles. The third-order valence-electron chi connectivity index (χ3n) is 0.800. The first-order chi connectivity index (χ1) is 2.89. The van der Waals surface area contributed by atoms with Gasteiger partial charge >= 0.3 is 0 Å². The maximum atomic E-state index is 5.31. The van der Waals surface area contributed by atoms with Gasteiger partial charge in [-0.15, -0.1) is 5.47 Å². The molecule has 0 heterocycles. The summed E-state index contributed by atoms with van der Waals surface area (Å²) in [6.07, 6.45) is 6.96. The van der Waals surface area contributed by atoms with Crippen LogP contribution in [-0.4, -0.2) is 7.85 Å². The lowest BCUT2D eigenvalue weighted by atomic mass is 9.98. The fraction of sp³-hybridized carbons (Fsp3) is 0.200. The SMILES string of the molecule is [B]C1=CCC=C1. The van der Waals surface area contributed by atoms with Crippen molar-refractivity contribution >= 4 is 7.85 Å². The standard InChI is InChI=1S/C5H5B/c6-5-3-1-2-4-5/h1,3-4H,2H2. The monoisotopic (exact) mass is 76.0 g/mol. The Labute approximate surface area is 39.0 Å². The molecule has 0 spiro atoms. The molecule has 0 aromatic rings. The van der Waals surface area contributed by atoms with Crippen molar-refractivity contribution < 1.29 is 0 Å². The van der Waals surface area contributed by atoms with Crippen LogP contribution in [0.25, 0.3) is 0 Å². The number of hydrogen-bond donors (Lipinski definition) is 0. The van der Waals surface area contributed by atoms with Crippen LogP contribution in [0.15, 0.2) is 23.7 Å². The van der Waals surface area contributed by atoms with E-state index < -0.39 is 0 Å². The second kappa shape index (κ2) is 1.33. The van der Waals surface area contributed by atoms with Gasteiger partial charge in [-0.2, -0.15) is 0 Å². The van der Waals surface area contributed by atoms with Crippen molar-refractivity contribution in [1.29, 1.82) is 0 Å². The molecule has 0 bridgehead atoms. The van der Waals surface area contributed by atoms with Crippen molar-refractivity contribution in [2.45, 2.75) is 6.42 Å². The van der Waals surface area contributed by atoms with E-state index in [1.165, 1.54) is 0 Å². The summed E-state index contributed by atoms with van der Waals surface area (Å²) in [6.45, 7) is 0. The minimum Gasteiger partial charge on any atom is -0.101 e. The molecule has 28 valence electrons. The van der Waals surface area contributed by atoms with E-state index in [9.17, 15) is 0 Å². The first-order valence-corrected chi connectivity index (χ1v) is 2.02. The average molecular weight is 75.9 g/mol. The van der Waals surface area contributed by atoms with Crippen LogP contribution in [0.3, 0.4) is 0 Å². The summed E-state index contributed by atoms with van der Waals surface area (Å²) in [6, 6.07) is 0. The molecular formula is C5H5B. The van der Waals surface area contributed by atoms with Crippen LogP contribution in [0.1, 0.15) is 6.42 Å². The maximum Gasteiger partial charge on any atom is 0.113 e. The van der Waals surface area contributed by atoms with Gasteiger partial charge in [0.15, 0.2) is 0 Å². The first-order valence-electron chi connectivity index (χ1n) is 2.02. The molecule has 0 aromatic carbocycles. The van der Waals surface area contributed by atoms with E-state index in [0.717, 1.165) is 11.9 Å². The van der Waals surface area contributed by atoms with E-state index in [0.29, 0.717) is 0 Å². The Morgan fingerprint density at radius 3 is 2.67 bits per heavy atom. The van der Waals surface area contributed by atoms with Gasteiger partial charge in [-0.1, -0.05) is 18.2 Å². The van der Waals surface area contributed by atoms with E-state index in [1.807, 2.05) is 18.2 Å². The summed E-state index contributed by atoms with van der Waals surface area (Å²) >= 11 is 0. The predicted octanol–water partition coefficient (Wildman–Crippen LogP) is 0.999. The van der Waals surface area contributed by atoms with Gasteiger partial charge in [0.1, 0.15) is 7.85 Å². The van der Waals surface area contributed by atoms with Gasteiger partial charge in [0, 0.05) is 0 Å². The molecule has 0 unspecified atom stereocenters. The molecular weight excluding hydrogens is 70.9 g/mol. The fourth-order valence-corrected chi connectivity index (χ4v) is 0.476. The summed E-state index contributed by atoms with van der Waals surface area (Å²) in [7, 11) is 5.31. The molecule has 1 rings (SSSR count). The van der Waals surface area contributed by atoms with Gasteiger partial charge < -0.3 is 0 Å². The maximum absolute atomic E-state index is 5.31. The normalized spacial score (nSPS) is 18.3. The topological polar surface area (TPSA) is 0 Å². The van der Waals surface area contributed by atoms with Crippen LogP contribution in [0.2, 0.25) is 0 Å². The smallest absolute Gasteiger partial charge is 0.101 e. The highest BCUT2D eigenvalue weighted by molar-refractivity contribution is 6.23. The summed E-state index contributed by atoms with van der Waals surface area (Å²) in [5.41, 5.74) is 0.898. The molecule has 0 amide bonds. The van der Waals surface area contributed by atoms with Crippen LogP contribution in [0.4, 0.5) is 0 Å². The van der Waals surface area contributed by atoms with Gasteiger partial charge in [0.2, 0.25) is 0 Å². The van der Waals surface area contributed by atoms with Gasteiger partial charge in [0.05, 0.1) is 0 Å². The molecule has 0 atom stereocenters. The first kappa shape index (κ1) is 3.73. The van der Waals surface area contributed by atoms with Gasteiger partial charge in [-0.25, -0.2) is 0 Å². The molecule has 2 radical (unpaired) electrons. The third-order valence-corrected chi connectivity index (χ3v) is 0.800. The Bertz CT molecular complexity index is 97.8. The van der Waals surface area contributed by atoms with Crippen molar-refractivity contribution in [3.63, 3.8) is 0 Å². The van der Waals surface area contributed by atoms with Crippen molar-refractivity contribution in [1.82, 2.24) is 0 Å². The number of hydrogen-bond acceptors (Lipinski definition) is 0. The summed E-state index contributed by atoms with van der Waals surface area (Å²) in [5, 5.41) is 0. The largest absolute Gasteiger partial charge is 0.113 e. The quantitative estimate of drug-likeness (QED) is 0.377. The zero-order valence-electron chi connectivity index (χ0n) is 3.52. The highest BCUT2D eigenvalue weighted by Crippen LogP contribution is 2.02. The molecule has 1 heteroatoms. The van der Waals surface area contributed by atoms with Gasteiger partial charge in [-0.3, -0.25) is 0 Å². The zero-order chi connectivity index (χ0) is 4.41. The van der Waals surface area contributed by atoms with Gasteiger partial charge in [-0.05, 0) is 6.42 Å². The zero-order valence-corrected chi connectivity index (χ0v) is 3.52. The highest BCUT2D eigenvalue weighted by Gasteiger charge is 1.84. The Kier molecular flexibility index (Phi) is 0.828. The Morgan fingerprint density at radius 1 is 1.67 bits per heavy atom. The van der Waals surface area contributed by atoms with E-state index in [1.54, 1.807) is 0 Å². The van der Waals surface area contributed by atoms with E-state index >= 15 is 0 Å². The summed E-state index contributed by atoms with van der Waals surface area (Å²) in [4.78, 5) is 0. The average Bonchev–Trinajstić information content (AvgIpc) is 1.86. The Balaban J connectivity index is 2.68. The van der Waals surface area contributed by atoms with Crippen LogP contribution in [0, 0.1) is 0 Å². The molecule has 0 saturated carbocycles. The second-order valence-electron chi connectivity index (χ2n) is 1.34. The Morgan fingerprint density at radius 2 is 2.50 bits per heavy atom. The van der Waals surface area contributed by atoms with Crippen LogP contribution < -0.4 is 0 Å². The summed E-state index contributed by atoms with van der Waals surface area (Å²) < 4.78 is 0. The third kappa shape index (κ3) is 0.536. The molecule has 0 saturated heterocycles. The highest BCUT2D eigenvalue weighted by atomic mass is 13.9. The van der Waals surface area contributed by atoms with Crippen molar-refractivity contribution in [2.75, 3.05) is 0 Å². The minimum atomic E-state index is 0.898. The number of rotatable bonds is 0. The van der Waals surface area contributed by atoms with Crippen LogP contribution in [0.5, 0.6) is 0 Å². The fourth-order valence-electron chi connectivity index (χ4n) is 0.476. The lowest BCUT2D eigenvalue weighted by Gasteiger charge is -1.73. The molecule has 1 aliphatic rings. The van der Waals surface area contributed by atoms with E-state index in [2.05, 4.69) is 0 Å². The molecule has 0 nitrogen and oxygen atoms in total. The van der Waals surface area contributed by atoms with Crippen molar-refractivity contribution in [3.8, 4) is 0 Å². The predicted molar refractivity (Wildman–Crippen MR) is 27.6 cm³/mol.